The average Bonchev–Trinajstić information content (AvgIpc) is 2.83. The van der Waals surface area contributed by atoms with Crippen LogP contribution in [-0.2, 0) is 7.05 Å². The minimum atomic E-state index is 1.25. The molecule has 4 aromatic rings. The molecule has 1 aromatic carbocycles. The molecule has 0 saturated carbocycles. The van der Waals surface area contributed by atoms with Crippen LogP contribution < -0.4 is 4.57 Å². The van der Waals surface area contributed by atoms with Gasteiger partial charge in [-0.05, 0) is 36.1 Å². The Kier molecular flexibility index (Phi) is 2.58. The second-order valence-electron chi connectivity index (χ2n) is 5.54. The predicted octanol–water partition coefficient (Wildman–Crippen LogP) is 3.89. The molecule has 0 unspecified atom stereocenters. The summed E-state index contributed by atoms with van der Waals surface area (Å²) in [6.45, 7) is 2.18. The number of aromatic nitrogens is 2. The largest absolute Gasteiger partial charge is 0.323 e. The fraction of sp³-hybridized carbons (Fsp3) is 0.105. The third-order valence-corrected chi connectivity index (χ3v) is 4.16. The lowest BCUT2D eigenvalue weighted by Gasteiger charge is -2.05. The van der Waals surface area contributed by atoms with E-state index in [-0.39, 0.29) is 0 Å². The molecule has 21 heavy (non-hydrogen) atoms. The van der Waals surface area contributed by atoms with Crippen LogP contribution in [0.5, 0.6) is 0 Å². The van der Waals surface area contributed by atoms with E-state index in [1.807, 2.05) is 0 Å². The summed E-state index contributed by atoms with van der Waals surface area (Å²) in [6.07, 6.45) is 6.45. The summed E-state index contributed by atoms with van der Waals surface area (Å²) < 4.78 is 4.42. The summed E-state index contributed by atoms with van der Waals surface area (Å²) in [4.78, 5) is 0. The standard InChI is InChI=1S/C19H17N2/c1-14-13-21-11-6-5-9-17(21)18(14)19-16-8-4-3-7-15(16)10-12-20(19)2/h3-13H,1-2H3/q+1. The average molecular weight is 273 g/mol. The molecular formula is C19H17N2+. The number of nitrogens with zero attached hydrogens (tertiary/aromatic N) is 2. The molecule has 3 heterocycles. The van der Waals surface area contributed by atoms with Gasteiger partial charge in [0, 0.05) is 18.5 Å². The Bertz CT molecular complexity index is 964. The van der Waals surface area contributed by atoms with Crippen molar-refractivity contribution in [1.29, 1.82) is 0 Å². The molecule has 0 saturated heterocycles. The Labute approximate surface area is 123 Å². The molecular weight excluding hydrogens is 256 g/mol. The van der Waals surface area contributed by atoms with Crippen LogP contribution in [0.15, 0.2) is 67.1 Å². The van der Waals surface area contributed by atoms with Gasteiger partial charge in [-0.1, -0.05) is 24.3 Å². The van der Waals surface area contributed by atoms with Crippen molar-refractivity contribution >= 4 is 16.3 Å². The maximum Gasteiger partial charge on any atom is 0.222 e. The smallest absolute Gasteiger partial charge is 0.222 e. The molecule has 2 heteroatoms. The van der Waals surface area contributed by atoms with Gasteiger partial charge >= 0.3 is 0 Å². The molecule has 0 radical (unpaired) electrons. The first kappa shape index (κ1) is 12.2. The summed E-state index contributed by atoms with van der Waals surface area (Å²) in [5, 5.41) is 2.57. The van der Waals surface area contributed by atoms with Crippen LogP contribution in [0.4, 0.5) is 0 Å². The van der Waals surface area contributed by atoms with Crippen molar-refractivity contribution in [2.24, 2.45) is 7.05 Å². The highest BCUT2D eigenvalue weighted by atomic mass is 14.9. The quantitative estimate of drug-likeness (QED) is 0.465. The SMILES string of the molecule is Cc1cn2ccccc2c1-c1c2ccccc2cc[n+]1C. The van der Waals surface area contributed by atoms with Gasteiger partial charge in [0.1, 0.15) is 7.05 Å². The van der Waals surface area contributed by atoms with Gasteiger partial charge in [0.05, 0.1) is 16.5 Å². The first-order valence-electron chi connectivity index (χ1n) is 7.20. The Morgan fingerprint density at radius 3 is 2.67 bits per heavy atom. The zero-order chi connectivity index (χ0) is 14.4. The molecule has 0 atom stereocenters. The van der Waals surface area contributed by atoms with E-state index in [1.54, 1.807) is 0 Å². The molecule has 102 valence electrons. The lowest BCUT2D eigenvalue weighted by Crippen LogP contribution is -2.30. The number of pyridine rings is 2. The molecule has 0 aliphatic rings. The summed E-state index contributed by atoms with van der Waals surface area (Å²) in [5.41, 5.74) is 5.14. The summed E-state index contributed by atoms with van der Waals surface area (Å²) in [7, 11) is 2.12. The van der Waals surface area contributed by atoms with Gasteiger partial charge in [-0.2, -0.15) is 0 Å². The molecule has 0 fully saturated rings. The lowest BCUT2D eigenvalue weighted by atomic mass is 10.0. The van der Waals surface area contributed by atoms with Gasteiger partial charge in [0.15, 0.2) is 6.20 Å². The molecule has 2 nitrogen and oxygen atoms in total. The summed E-state index contributed by atoms with van der Waals surface area (Å²) in [5.74, 6) is 0. The Morgan fingerprint density at radius 1 is 0.952 bits per heavy atom. The summed E-state index contributed by atoms with van der Waals surface area (Å²) >= 11 is 0. The normalized spacial score (nSPS) is 11.3. The van der Waals surface area contributed by atoms with E-state index in [9.17, 15) is 0 Å². The number of benzene rings is 1. The second-order valence-corrected chi connectivity index (χ2v) is 5.54. The Morgan fingerprint density at radius 2 is 1.76 bits per heavy atom. The van der Waals surface area contributed by atoms with Crippen LogP contribution in [0.3, 0.4) is 0 Å². The maximum absolute atomic E-state index is 2.22. The first-order valence-corrected chi connectivity index (χ1v) is 7.20. The van der Waals surface area contributed by atoms with E-state index in [1.165, 1.54) is 33.1 Å². The van der Waals surface area contributed by atoms with Gasteiger partial charge in [0.2, 0.25) is 5.69 Å². The van der Waals surface area contributed by atoms with Crippen LogP contribution in [-0.4, -0.2) is 4.40 Å². The summed E-state index contributed by atoms with van der Waals surface area (Å²) in [6, 6.07) is 17.1. The fourth-order valence-electron chi connectivity index (χ4n) is 3.19. The number of rotatable bonds is 1. The molecule has 0 N–H and O–H groups in total. The molecule has 4 rings (SSSR count). The van der Waals surface area contributed by atoms with E-state index in [2.05, 4.69) is 90.1 Å². The van der Waals surface area contributed by atoms with Gasteiger partial charge in [-0.15, -0.1) is 0 Å². The molecule has 0 spiro atoms. The van der Waals surface area contributed by atoms with Gasteiger partial charge in [-0.3, -0.25) is 0 Å². The highest BCUT2D eigenvalue weighted by Crippen LogP contribution is 2.32. The third kappa shape index (κ3) is 1.76. The third-order valence-electron chi connectivity index (χ3n) is 4.16. The number of aryl methyl sites for hydroxylation is 2. The zero-order valence-electron chi connectivity index (χ0n) is 12.2. The van der Waals surface area contributed by atoms with Crippen LogP contribution in [0.1, 0.15) is 5.56 Å². The number of hydrogen-bond acceptors (Lipinski definition) is 0. The number of fused-ring (bicyclic) bond motifs is 2. The highest BCUT2D eigenvalue weighted by molar-refractivity contribution is 5.97. The van der Waals surface area contributed by atoms with Crippen molar-refractivity contribution in [3.05, 3.63) is 72.7 Å². The minimum Gasteiger partial charge on any atom is -0.323 e. The molecule has 0 aliphatic carbocycles. The lowest BCUT2D eigenvalue weighted by molar-refractivity contribution is -0.659. The molecule has 0 aliphatic heterocycles. The monoisotopic (exact) mass is 273 g/mol. The van der Waals surface area contributed by atoms with Crippen molar-refractivity contribution in [3.8, 4) is 11.3 Å². The molecule has 3 aromatic heterocycles. The van der Waals surface area contributed by atoms with E-state index in [0.717, 1.165) is 0 Å². The predicted molar refractivity (Wildman–Crippen MR) is 86.3 cm³/mol. The van der Waals surface area contributed by atoms with E-state index in [4.69, 9.17) is 0 Å². The van der Waals surface area contributed by atoms with Crippen LogP contribution >= 0.6 is 0 Å². The fourth-order valence-corrected chi connectivity index (χ4v) is 3.19. The van der Waals surface area contributed by atoms with Crippen molar-refractivity contribution in [1.82, 2.24) is 4.40 Å². The van der Waals surface area contributed by atoms with Gasteiger partial charge in [-0.25, -0.2) is 4.57 Å². The second kappa shape index (κ2) is 4.45. The van der Waals surface area contributed by atoms with E-state index < -0.39 is 0 Å². The Hall–Kier alpha value is -2.61. The highest BCUT2D eigenvalue weighted by Gasteiger charge is 2.20. The van der Waals surface area contributed by atoms with Crippen LogP contribution in [0.25, 0.3) is 27.5 Å². The van der Waals surface area contributed by atoms with Crippen molar-refractivity contribution in [2.45, 2.75) is 6.92 Å². The van der Waals surface area contributed by atoms with Crippen molar-refractivity contribution < 1.29 is 4.57 Å². The molecule has 0 amide bonds. The molecule has 0 bridgehead atoms. The van der Waals surface area contributed by atoms with E-state index >= 15 is 0 Å². The topological polar surface area (TPSA) is 8.29 Å². The van der Waals surface area contributed by atoms with Crippen LogP contribution in [0, 0.1) is 6.92 Å². The van der Waals surface area contributed by atoms with Crippen molar-refractivity contribution in [3.63, 3.8) is 0 Å². The number of hydrogen-bond donors (Lipinski definition) is 0. The van der Waals surface area contributed by atoms with Gasteiger partial charge < -0.3 is 4.40 Å². The van der Waals surface area contributed by atoms with E-state index in [0.29, 0.717) is 0 Å². The van der Waals surface area contributed by atoms with Gasteiger partial charge in [0.25, 0.3) is 0 Å². The Balaban J connectivity index is 2.19. The zero-order valence-corrected chi connectivity index (χ0v) is 12.2. The van der Waals surface area contributed by atoms with Crippen LogP contribution in [0.2, 0.25) is 0 Å². The maximum atomic E-state index is 2.22. The van der Waals surface area contributed by atoms with Crippen molar-refractivity contribution in [2.75, 3.05) is 0 Å². The minimum absolute atomic E-state index is 1.25. The first-order chi connectivity index (χ1) is 10.3.